The number of nitro benzene ring substituents is 1. The quantitative estimate of drug-likeness (QED) is 0.451. The van der Waals surface area contributed by atoms with Crippen molar-refractivity contribution in [2.45, 2.75) is 11.8 Å². The lowest BCUT2D eigenvalue weighted by molar-refractivity contribution is -0.386. The van der Waals surface area contributed by atoms with Gasteiger partial charge in [0.1, 0.15) is 0 Å². The molecule has 0 atom stereocenters. The van der Waals surface area contributed by atoms with E-state index < -0.39 is 4.92 Å². The first-order valence-corrected chi connectivity index (χ1v) is 4.80. The Bertz CT molecular complexity index is 351. The van der Waals surface area contributed by atoms with Crippen LogP contribution in [0.5, 0.6) is 5.75 Å². The van der Waals surface area contributed by atoms with E-state index in [2.05, 4.69) is 0 Å². The molecule has 0 aromatic heterocycles. The van der Waals surface area contributed by atoms with Crippen LogP contribution in [0.3, 0.4) is 0 Å². The predicted molar refractivity (Wildman–Crippen MR) is 51.3 cm³/mol. The smallest absolute Gasteiger partial charge is 0.312 e. The Labute approximate surface area is 79.7 Å². The summed E-state index contributed by atoms with van der Waals surface area (Å²) in [6.45, 7) is 1.76. The Morgan fingerprint density at radius 1 is 1.54 bits per heavy atom. The molecule has 13 heavy (non-hydrogen) atoms. The maximum atomic E-state index is 10.5. The van der Waals surface area contributed by atoms with Crippen LogP contribution in [-0.4, -0.2) is 16.3 Å². The van der Waals surface area contributed by atoms with Gasteiger partial charge in [0.25, 0.3) is 0 Å². The molecule has 1 aromatic carbocycles. The summed E-state index contributed by atoms with van der Waals surface area (Å²) in [7, 11) is 0. The molecular weight excluding hydrogens is 190 g/mol. The zero-order valence-electron chi connectivity index (χ0n) is 7.27. The maximum absolute atomic E-state index is 10.5. The number of nitro groups is 1. The van der Waals surface area contributed by atoms with Crippen LogP contribution in [-0.2, 0) is 0 Å². The van der Waals surface area contributed by atoms with Crippen molar-refractivity contribution in [3.8, 4) is 5.75 Å². The van der Waals surface area contributed by atoms with Gasteiger partial charge in [-0.05, 0) is 24.8 Å². The molecule has 0 aliphatic rings. The van der Waals surface area contributed by atoms with E-state index in [1.165, 1.54) is 17.8 Å². The van der Waals surface area contributed by atoms with Gasteiger partial charge < -0.3 is 5.11 Å². The van der Waals surface area contributed by atoms with Crippen LogP contribution in [0.15, 0.2) is 17.0 Å². The van der Waals surface area contributed by atoms with Gasteiger partial charge in [-0.3, -0.25) is 10.1 Å². The van der Waals surface area contributed by atoms with Gasteiger partial charge in [-0.1, -0.05) is 0 Å². The van der Waals surface area contributed by atoms with Crippen LogP contribution in [0.2, 0.25) is 0 Å². The number of rotatable bonds is 2. The third-order valence-electron chi connectivity index (χ3n) is 1.62. The molecule has 0 saturated carbocycles. The molecule has 0 saturated heterocycles. The van der Waals surface area contributed by atoms with Gasteiger partial charge in [0.2, 0.25) is 5.75 Å². The Kier molecular flexibility index (Phi) is 2.77. The first-order chi connectivity index (χ1) is 6.06. The van der Waals surface area contributed by atoms with E-state index >= 15 is 0 Å². The van der Waals surface area contributed by atoms with E-state index in [1.807, 2.05) is 0 Å². The molecule has 5 heteroatoms. The second-order valence-corrected chi connectivity index (χ2v) is 3.44. The zero-order valence-corrected chi connectivity index (χ0v) is 8.09. The van der Waals surface area contributed by atoms with Gasteiger partial charge in [-0.2, -0.15) is 0 Å². The molecule has 1 N–H and O–H groups in total. The van der Waals surface area contributed by atoms with E-state index in [1.54, 1.807) is 19.2 Å². The monoisotopic (exact) mass is 199 g/mol. The molecule has 1 rings (SSSR count). The maximum Gasteiger partial charge on any atom is 0.312 e. The van der Waals surface area contributed by atoms with Crippen LogP contribution < -0.4 is 0 Å². The Morgan fingerprint density at radius 3 is 2.62 bits per heavy atom. The van der Waals surface area contributed by atoms with Crippen molar-refractivity contribution in [1.82, 2.24) is 0 Å². The van der Waals surface area contributed by atoms with Gasteiger partial charge in [-0.15, -0.1) is 11.8 Å². The lowest BCUT2D eigenvalue weighted by atomic mass is 10.2. The highest BCUT2D eigenvalue weighted by Gasteiger charge is 2.17. The summed E-state index contributed by atoms with van der Waals surface area (Å²) >= 11 is 1.29. The lowest BCUT2D eigenvalue weighted by Gasteiger charge is -2.02. The van der Waals surface area contributed by atoms with Gasteiger partial charge in [0.15, 0.2) is 0 Å². The first kappa shape index (κ1) is 9.85. The van der Waals surface area contributed by atoms with Crippen molar-refractivity contribution in [2.75, 3.05) is 6.26 Å². The fraction of sp³-hybridized carbons (Fsp3) is 0.250. The fourth-order valence-corrected chi connectivity index (χ4v) is 1.62. The molecular formula is C8H9NO3S. The van der Waals surface area contributed by atoms with Crippen LogP contribution in [0.4, 0.5) is 5.69 Å². The second kappa shape index (κ2) is 3.66. The minimum atomic E-state index is -0.581. The summed E-state index contributed by atoms with van der Waals surface area (Å²) in [5.41, 5.74) is 0.540. The average molecular weight is 199 g/mol. The minimum Gasteiger partial charge on any atom is -0.501 e. The summed E-state index contributed by atoms with van der Waals surface area (Å²) in [5, 5.41) is 19.9. The van der Waals surface area contributed by atoms with E-state index in [4.69, 9.17) is 0 Å². The summed E-state index contributed by atoms with van der Waals surface area (Å²) in [6.07, 6.45) is 1.76. The number of aryl methyl sites for hydroxylation is 1. The number of benzene rings is 1. The summed E-state index contributed by atoms with van der Waals surface area (Å²) in [4.78, 5) is 10.4. The Balaban J connectivity index is 3.35. The molecule has 0 bridgehead atoms. The SMILES string of the molecule is CSc1cc(C)cc([N+](=O)[O-])c1O. The van der Waals surface area contributed by atoms with Crippen molar-refractivity contribution in [2.24, 2.45) is 0 Å². The highest BCUT2D eigenvalue weighted by atomic mass is 32.2. The molecule has 0 fully saturated rings. The molecule has 1 aromatic rings. The fourth-order valence-electron chi connectivity index (χ4n) is 1.02. The molecule has 0 amide bonds. The summed E-state index contributed by atoms with van der Waals surface area (Å²) in [5.74, 6) is -0.247. The van der Waals surface area contributed by atoms with Crippen molar-refractivity contribution in [3.63, 3.8) is 0 Å². The molecule has 70 valence electrons. The van der Waals surface area contributed by atoms with Crippen LogP contribution in [0.25, 0.3) is 0 Å². The van der Waals surface area contributed by atoms with Crippen LogP contribution >= 0.6 is 11.8 Å². The molecule has 0 unspecified atom stereocenters. The van der Waals surface area contributed by atoms with Gasteiger partial charge in [0.05, 0.1) is 9.82 Å². The average Bonchev–Trinajstić information content (AvgIpc) is 2.08. The molecule has 0 heterocycles. The number of hydrogen-bond donors (Lipinski definition) is 1. The van der Waals surface area contributed by atoms with Crippen LogP contribution in [0.1, 0.15) is 5.56 Å². The number of nitrogens with zero attached hydrogens (tertiary/aromatic N) is 1. The van der Waals surface area contributed by atoms with Gasteiger partial charge in [0, 0.05) is 6.07 Å². The molecule has 4 nitrogen and oxygen atoms in total. The van der Waals surface area contributed by atoms with Crippen LogP contribution in [0, 0.1) is 17.0 Å². The van der Waals surface area contributed by atoms with E-state index in [9.17, 15) is 15.2 Å². The standard InChI is InChI=1S/C8H9NO3S/c1-5-3-6(9(11)12)8(10)7(4-5)13-2/h3-4,10H,1-2H3. The molecule has 0 aliphatic heterocycles. The van der Waals surface area contributed by atoms with E-state index in [-0.39, 0.29) is 11.4 Å². The normalized spacial score (nSPS) is 10.0. The highest BCUT2D eigenvalue weighted by molar-refractivity contribution is 7.98. The Morgan fingerprint density at radius 2 is 2.15 bits per heavy atom. The second-order valence-electron chi connectivity index (χ2n) is 2.59. The van der Waals surface area contributed by atoms with Crippen molar-refractivity contribution in [1.29, 1.82) is 0 Å². The summed E-state index contributed by atoms with van der Waals surface area (Å²) in [6, 6.07) is 3.07. The number of aromatic hydroxyl groups is 1. The molecule has 0 aliphatic carbocycles. The topological polar surface area (TPSA) is 63.4 Å². The van der Waals surface area contributed by atoms with E-state index in [0.29, 0.717) is 4.90 Å². The summed E-state index contributed by atoms with van der Waals surface area (Å²) < 4.78 is 0. The molecule has 0 radical (unpaired) electrons. The third kappa shape index (κ3) is 1.92. The molecule has 0 spiro atoms. The zero-order chi connectivity index (χ0) is 10.0. The van der Waals surface area contributed by atoms with Gasteiger partial charge >= 0.3 is 5.69 Å². The Hall–Kier alpha value is -1.23. The number of hydrogen-bond acceptors (Lipinski definition) is 4. The third-order valence-corrected chi connectivity index (χ3v) is 2.37. The number of phenols is 1. The van der Waals surface area contributed by atoms with Gasteiger partial charge in [-0.25, -0.2) is 0 Å². The number of thioether (sulfide) groups is 1. The first-order valence-electron chi connectivity index (χ1n) is 3.58. The highest BCUT2D eigenvalue weighted by Crippen LogP contribution is 2.36. The minimum absolute atomic E-state index is 0.232. The predicted octanol–water partition coefficient (Wildman–Crippen LogP) is 2.33. The van der Waals surface area contributed by atoms with E-state index in [0.717, 1.165) is 5.56 Å². The van der Waals surface area contributed by atoms with Crippen molar-refractivity contribution in [3.05, 3.63) is 27.8 Å². The van der Waals surface area contributed by atoms with Crippen molar-refractivity contribution >= 4 is 17.4 Å². The lowest BCUT2D eigenvalue weighted by Crippen LogP contribution is -1.90. The van der Waals surface area contributed by atoms with Crippen molar-refractivity contribution < 1.29 is 10.0 Å². The number of phenolic OH excluding ortho intramolecular Hbond substituents is 1. The largest absolute Gasteiger partial charge is 0.501 e.